The summed E-state index contributed by atoms with van der Waals surface area (Å²) in [6.07, 6.45) is 2.92. The Morgan fingerprint density at radius 3 is 2.90 bits per heavy atom. The molecule has 0 bridgehead atoms. The average Bonchev–Trinajstić information content (AvgIpc) is 2.87. The third-order valence-corrected chi connectivity index (χ3v) is 5.13. The van der Waals surface area contributed by atoms with Crippen molar-refractivity contribution in [3.8, 4) is 0 Å². The van der Waals surface area contributed by atoms with E-state index in [4.69, 9.17) is 0 Å². The van der Waals surface area contributed by atoms with Gasteiger partial charge >= 0.3 is 0 Å². The van der Waals surface area contributed by atoms with Gasteiger partial charge in [-0.05, 0) is 12.1 Å². The maximum Gasteiger partial charge on any atom is 0.0949 e. The highest BCUT2D eigenvalue weighted by atomic mass is 32.2. The van der Waals surface area contributed by atoms with Crippen LogP contribution in [0.4, 0.5) is 0 Å². The normalized spacial score (nSPS) is 16.9. The van der Waals surface area contributed by atoms with Crippen LogP contribution in [0, 0.1) is 0 Å². The van der Waals surface area contributed by atoms with Crippen LogP contribution in [0.1, 0.15) is 11.4 Å². The van der Waals surface area contributed by atoms with Crippen LogP contribution in [-0.4, -0.2) is 37.5 Å². The molecule has 0 saturated carbocycles. The molecule has 106 valence electrons. The second kappa shape index (κ2) is 5.89. The van der Waals surface area contributed by atoms with E-state index < -0.39 is 10.8 Å². The fraction of sp³-hybridized carbons (Fsp3) is 0.400. The molecule has 2 heterocycles. The summed E-state index contributed by atoms with van der Waals surface area (Å²) in [5.41, 5.74) is 2.51. The molecule has 0 amide bonds. The quantitative estimate of drug-likeness (QED) is 0.858. The van der Waals surface area contributed by atoms with E-state index in [0.29, 0.717) is 5.75 Å². The van der Waals surface area contributed by atoms with E-state index in [1.54, 1.807) is 0 Å². The first-order valence-electron chi connectivity index (χ1n) is 6.89. The van der Waals surface area contributed by atoms with E-state index in [-0.39, 0.29) is 0 Å². The van der Waals surface area contributed by atoms with Crippen LogP contribution in [0.2, 0.25) is 0 Å². The predicted molar refractivity (Wildman–Crippen MR) is 79.9 cm³/mol. The zero-order valence-corrected chi connectivity index (χ0v) is 12.5. The summed E-state index contributed by atoms with van der Waals surface area (Å²) in [7, 11) is 1.14. The Bertz CT molecular complexity index is 609. The van der Waals surface area contributed by atoms with Crippen molar-refractivity contribution < 1.29 is 4.21 Å². The monoisotopic (exact) mass is 289 g/mol. The number of hydrogen-bond donors (Lipinski definition) is 0. The number of aromatic nitrogens is 2. The number of fused-ring (bicyclic) bond motifs is 1. The highest BCUT2D eigenvalue weighted by Crippen LogP contribution is 2.17. The average molecular weight is 289 g/mol. The molecule has 1 aromatic carbocycles. The van der Waals surface area contributed by atoms with Crippen LogP contribution in [0.25, 0.3) is 0 Å². The molecule has 0 aliphatic carbocycles. The van der Waals surface area contributed by atoms with Gasteiger partial charge in [0.25, 0.3) is 0 Å². The van der Waals surface area contributed by atoms with E-state index in [2.05, 4.69) is 14.5 Å². The Hall–Kier alpha value is -1.46. The number of aryl methyl sites for hydroxylation is 1. The van der Waals surface area contributed by atoms with Crippen molar-refractivity contribution in [2.45, 2.75) is 17.9 Å². The van der Waals surface area contributed by atoms with Gasteiger partial charge in [0.05, 0.1) is 22.8 Å². The second-order valence-electron chi connectivity index (χ2n) is 5.14. The molecular weight excluding hydrogens is 270 g/mol. The number of nitrogens with zero attached hydrogens (tertiary/aromatic N) is 3. The molecule has 0 spiro atoms. The molecular formula is C15H19N3OS. The lowest BCUT2D eigenvalue weighted by atomic mass is 10.1. The van der Waals surface area contributed by atoms with Gasteiger partial charge in [-0.25, -0.2) is 4.98 Å². The van der Waals surface area contributed by atoms with Crippen molar-refractivity contribution in [3.63, 3.8) is 0 Å². The summed E-state index contributed by atoms with van der Waals surface area (Å²) in [4.78, 5) is 7.70. The van der Waals surface area contributed by atoms with Crippen molar-refractivity contribution in [1.29, 1.82) is 0 Å². The minimum Gasteiger partial charge on any atom is -0.337 e. The summed E-state index contributed by atoms with van der Waals surface area (Å²) in [5.74, 6) is 0.687. The SMILES string of the molecule is Cn1cnc2c1CCN(CC[S@@](=O)c1ccccc1)C2. The number of hydrogen-bond acceptors (Lipinski definition) is 3. The van der Waals surface area contributed by atoms with Crippen molar-refractivity contribution in [3.05, 3.63) is 48.0 Å². The zero-order valence-electron chi connectivity index (χ0n) is 11.7. The Morgan fingerprint density at radius 2 is 2.10 bits per heavy atom. The number of benzene rings is 1. The maximum atomic E-state index is 12.2. The molecule has 1 atom stereocenters. The van der Waals surface area contributed by atoms with Crippen molar-refractivity contribution in [2.75, 3.05) is 18.8 Å². The zero-order chi connectivity index (χ0) is 13.9. The van der Waals surface area contributed by atoms with Crippen LogP contribution in [0.3, 0.4) is 0 Å². The van der Waals surface area contributed by atoms with Crippen molar-refractivity contribution in [1.82, 2.24) is 14.5 Å². The van der Waals surface area contributed by atoms with Crippen LogP contribution in [0.15, 0.2) is 41.6 Å². The maximum absolute atomic E-state index is 12.2. The van der Waals surface area contributed by atoms with E-state index >= 15 is 0 Å². The summed E-state index contributed by atoms with van der Waals surface area (Å²) >= 11 is 0. The van der Waals surface area contributed by atoms with E-state index in [1.807, 2.05) is 43.7 Å². The van der Waals surface area contributed by atoms with Crippen LogP contribution in [-0.2, 0) is 30.8 Å². The van der Waals surface area contributed by atoms with Crippen LogP contribution < -0.4 is 0 Å². The molecule has 4 nitrogen and oxygen atoms in total. The lowest BCUT2D eigenvalue weighted by Gasteiger charge is -2.26. The van der Waals surface area contributed by atoms with E-state index in [9.17, 15) is 4.21 Å². The molecule has 0 fully saturated rings. The van der Waals surface area contributed by atoms with Gasteiger partial charge in [-0.3, -0.25) is 9.11 Å². The topological polar surface area (TPSA) is 38.1 Å². The summed E-state index contributed by atoms with van der Waals surface area (Å²) in [5, 5.41) is 0. The first-order chi connectivity index (χ1) is 9.74. The number of imidazole rings is 1. The highest BCUT2D eigenvalue weighted by molar-refractivity contribution is 7.85. The standard InChI is InChI=1S/C15H19N3OS/c1-17-12-16-14-11-18(8-7-15(14)17)9-10-20(19)13-5-3-2-4-6-13/h2-6,12H,7-11H2,1H3/t20-/m1/s1. The number of rotatable bonds is 4. The molecule has 0 unspecified atom stereocenters. The fourth-order valence-corrected chi connectivity index (χ4v) is 3.73. The summed E-state index contributed by atoms with van der Waals surface area (Å²) in [6, 6.07) is 9.70. The molecule has 20 heavy (non-hydrogen) atoms. The van der Waals surface area contributed by atoms with Gasteiger partial charge in [0.2, 0.25) is 0 Å². The molecule has 0 N–H and O–H groups in total. The molecule has 2 aromatic rings. The molecule has 0 saturated heterocycles. The van der Waals surface area contributed by atoms with Gasteiger partial charge < -0.3 is 4.57 Å². The summed E-state index contributed by atoms with van der Waals surface area (Å²) < 4.78 is 14.3. The third kappa shape index (κ3) is 2.83. The van der Waals surface area contributed by atoms with Crippen molar-refractivity contribution >= 4 is 10.8 Å². The third-order valence-electron chi connectivity index (χ3n) is 3.78. The largest absolute Gasteiger partial charge is 0.337 e. The van der Waals surface area contributed by atoms with Gasteiger partial charge in [-0.15, -0.1) is 0 Å². The lowest BCUT2D eigenvalue weighted by Crippen LogP contribution is -2.34. The minimum atomic E-state index is -0.905. The first kappa shape index (κ1) is 13.5. The molecule has 1 aromatic heterocycles. The molecule has 5 heteroatoms. The second-order valence-corrected chi connectivity index (χ2v) is 6.71. The Labute approximate surface area is 121 Å². The molecule has 3 rings (SSSR count). The van der Waals surface area contributed by atoms with Gasteiger partial charge in [0, 0.05) is 49.4 Å². The molecule has 0 radical (unpaired) electrons. The summed E-state index contributed by atoms with van der Waals surface area (Å²) in [6.45, 7) is 2.76. The fourth-order valence-electron chi connectivity index (χ4n) is 2.60. The van der Waals surface area contributed by atoms with E-state index in [0.717, 1.165) is 31.0 Å². The van der Waals surface area contributed by atoms with Gasteiger partial charge in [0.1, 0.15) is 0 Å². The highest BCUT2D eigenvalue weighted by Gasteiger charge is 2.20. The van der Waals surface area contributed by atoms with Gasteiger partial charge in [0.15, 0.2) is 0 Å². The van der Waals surface area contributed by atoms with Gasteiger partial charge in [-0.1, -0.05) is 18.2 Å². The van der Waals surface area contributed by atoms with Gasteiger partial charge in [-0.2, -0.15) is 0 Å². The Kier molecular flexibility index (Phi) is 3.98. The Balaban J connectivity index is 1.57. The van der Waals surface area contributed by atoms with Crippen molar-refractivity contribution in [2.24, 2.45) is 7.05 Å². The first-order valence-corrected chi connectivity index (χ1v) is 8.21. The Morgan fingerprint density at radius 1 is 1.30 bits per heavy atom. The van der Waals surface area contributed by atoms with E-state index in [1.165, 1.54) is 11.4 Å². The molecule has 1 aliphatic rings. The minimum absolute atomic E-state index is 0.687. The van der Waals surface area contributed by atoms with Crippen LogP contribution in [0.5, 0.6) is 0 Å². The van der Waals surface area contributed by atoms with Crippen LogP contribution >= 0.6 is 0 Å². The molecule has 1 aliphatic heterocycles. The lowest BCUT2D eigenvalue weighted by molar-refractivity contribution is 0.263. The smallest absolute Gasteiger partial charge is 0.0949 e. The predicted octanol–water partition coefficient (Wildman–Crippen LogP) is 1.59.